The van der Waals surface area contributed by atoms with Crippen LogP contribution in [0.5, 0.6) is 0 Å². The number of esters is 2. The van der Waals surface area contributed by atoms with Crippen molar-refractivity contribution in [3.63, 3.8) is 0 Å². The minimum atomic E-state index is -4.04. The third kappa shape index (κ3) is 7.74. The highest BCUT2D eigenvalue weighted by atomic mass is 35.5. The van der Waals surface area contributed by atoms with Gasteiger partial charge in [-0.2, -0.15) is 0 Å². The number of nitrogens with one attached hydrogen (secondary N) is 1. The second-order valence-electron chi connectivity index (χ2n) is 12.1. The molecule has 0 aliphatic rings. The minimum Gasteiger partial charge on any atom is -0.467 e. The zero-order chi connectivity index (χ0) is 34.7. The molecule has 4 rings (SSSR count). The van der Waals surface area contributed by atoms with Crippen molar-refractivity contribution in [2.75, 3.05) is 24.3 Å². The largest absolute Gasteiger partial charge is 0.467 e. The van der Waals surface area contributed by atoms with Crippen molar-refractivity contribution in [3.05, 3.63) is 88.1 Å². The van der Waals surface area contributed by atoms with E-state index in [2.05, 4.69) is 4.98 Å². The second kappa shape index (κ2) is 13.9. The SMILES string of the molecule is [3H]C[C@H](CCOC(=O)c1ccccc1)N(c1c(C)c([C@H](OC(C)(C)C)C(=O)OC)c(-c2ccc(Cl)cc2)c2cc(C)[nH]c12)S(C)(=O)=O. The third-order valence-corrected chi connectivity index (χ3v) is 8.82. The molecule has 3 aromatic carbocycles. The molecule has 1 aromatic heterocycles. The fourth-order valence-electron chi connectivity index (χ4n) is 5.52. The predicted octanol–water partition coefficient (Wildman–Crippen LogP) is 7.54. The van der Waals surface area contributed by atoms with E-state index in [0.717, 1.165) is 17.5 Å². The van der Waals surface area contributed by atoms with Gasteiger partial charge in [-0.3, -0.25) is 4.31 Å². The molecule has 0 saturated carbocycles. The normalized spacial score (nSPS) is 13.6. The average Bonchev–Trinajstić information content (AvgIpc) is 3.40. The van der Waals surface area contributed by atoms with E-state index in [1.165, 1.54) is 11.4 Å². The van der Waals surface area contributed by atoms with Gasteiger partial charge in [-0.1, -0.05) is 41.9 Å². The van der Waals surface area contributed by atoms with Crippen molar-refractivity contribution in [3.8, 4) is 11.1 Å². The van der Waals surface area contributed by atoms with E-state index in [1.54, 1.807) is 49.4 Å². The molecule has 9 nitrogen and oxygen atoms in total. The lowest BCUT2D eigenvalue weighted by Gasteiger charge is -2.34. The topological polar surface area (TPSA) is 115 Å². The van der Waals surface area contributed by atoms with Crippen LogP contribution in [-0.2, 0) is 29.0 Å². The Kier molecular flexibility index (Phi) is 10.1. The molecule has 0 amide bonds. The number of sulfonamides is 1. The number of hydrogen-bond donors (Lipinski definition) is 1. The van der Waals surface area contributed by atoms with Crippen molar-refractivity contribution in [1.82, 2.24) is 4.98 Å². The Morgan fingerprint density at radius 2 is 1.72 bits per heavy atom. The van der Waals surface area contributed by atoms with Crippen molar-refractivity contribution in [1.29, 1.82) is 0 Å². The number of carbonyl (C=O) groups excluding carboxylic acids is 2. The molecular weight excluding hydrogens is 628 g/mol. The zero-order valence-corrected chi connectivity index (χ0v) is 28.7. The van der Waals surface area contributed by atoms with E-state index < -0.39 is 39.7 Å². The summed E-state index contributed by atoms with van der Waals surface area (Å²) in [6.45, 7) is 8.58. The van der Waals surface area contributed by atoms with Gasteiger partial charge in [0.15, 0.2) is 6.10 Å². The Morgan fingerprint density at radius 1 is 1.07 bits per heavy atom. The van der Waals surface area contributed by atoms with Gasteiger partial charge in [-0.05, 0) is 88.5 Å². The van der Waals surface area contributed by atoms with Gasteiger partial charge in [0.25, 0.3) is 0 Å². The number of anilines is 1. The molecule has 0 aliphatic carbocycles. The number of hydrogen-bond acceptors (Lipinski definition) is 7. The summed E-state index contributed by atoms with van der Waals surface area (Å²) in [5, 5.41) is 1.16. The Morgan fingerprint density at radius 3 is 2.28 bits per heavy atom. The Labute approximate surface area is 277 Å². The maximum atomic E-state index is 13.7. The molecule has 0 saturated heterocycles. The Bertz CT molecular complexity index is 1850. The quantitative estimate of drug-likeness (QED) is 0.164. The molecule has 0 aliphatic heterocycles. The lowest BCUT2D eigenvalue weighted by Crippen LogP contribution is -2.40. The van der Waals surface area contributed by atoms with Crippen LogP contribution in [0, 0.1) is 13.8 Å². The van der Waals surface area contributed by atoms with Gasteiger partial charge in [-0.25, -0.2) is 18.0 Å². The number of aromatic nitrogens is 1. The molecule has 2 atom stereocenters. The number of halogens is 1. The lowest BCUT2D eigenvalue weighted by molar-refractivity contribution is -0.164. The zero-order valence-electron chi connectivity index (χ0n) is 28.1. The van der Waals surface area contributed by atoms with E-state index in [0.29, 0.717) is 38.2 Å². The van der Waals surface area contributed by atoms with Crippen LogP contribution in [0.15, 0.2) is 60.7 Å². The third-order valence-electron chi connectivity index (χ3n) is 7.37. The number of methoxy groups -OCH3 is 1. The first kappa shape index (κ1) is 33.5. The van der Waals surface area contributed by atoms with E-state index in [-0.39, 0.29) is 25.6 Å². The van der Waals surface area contributed by atoms with Crippen LogP contribution < -0.4 is 4.31 Å². The van der Waals surface area contributed by atoms with E-state index in [4.69, 9.17) is 27.2 Å². The second-order valence-corrected chi connectivity index (χ2v) is 14.4. The van der Waals surface area contributed by atoms with Crippen molar-refractivity contribution in [2.45, 2.75) is 65.7 Å². The fraction of sp³-hybridized carbons (Fsp3) is 0.371. The number of aryl methyl sites for hydroxylation is 1. The number of fused-ring (bicyclic) bond motifs is 1. The number of rotatable bonds is 11. The van der Waals surface area contributed by atoms with Crippen molar-refractivity contribution >= 4 is 50.2 Å². The summed E-state index contributed by atoms with van der Waals surface area (Å²) in [7, 11) is -2.77. The molecule has 1 heterocycles. The maximum absolute atomic E-state index is 13.7. The van der Waals surface area contributed by atoms with Gasteiger partial charge in [0.05, 0.1) is 42.3 Å². The predicted molar refractivity (Wildman–Crippen MR) is 182 cm³/mol. The first-order valence-corrected chi connectivity index (χ1v) is 17.0. The summed E-state index contributed by atoms with van der Waals surface area (Å²) in [6, 6.07) is 16.6. The first-order chi connectivity index (χ1) is 22.1. The van der Waals surface area contributed by atoms with Gasteiger partial charge in [-0.15, -0.1) is 0 Å². The molecule has 0 radical (unpaired) electrons. The molecular formula is C35H41ClN2O7S. The first-order valence-electron chi connectivity index (χ1n) is 15.5. The van der Waals surface area contributed by atoms with E-state index >= 15 is 0 Å². The highest BCUT2D eigenvalue weighted by Gasteiger charge is 2.37. The van der Waals surface area contributed by atoms with Crippen molar-refractivity contribution in [2.24, 2.45) is 0 Å². The van der Waals surface area contributed by atoms with Crippen LogP contribution in [-0.4, -0.2) is 57.0 Å². The molecule has 11 heteroatoms. The molecule has 246 valence electrons. The van der Waals surface area contributed by atoms with Crippen LogP contribution in [0.3, 0.4) is 0 Å². The molecule has 0 unspecified atom stereocenters. The summed E-state index contributed by atoms with van der Waals surface area (Å²) in [4.78, 5) is 29.5. The summed E-state index contributed by atoms with van der Waals surface area (Å²) >= 11 is 6.25. The number of carbonyl (C=O) groups is 2. The molecule has 0 bridgehead atoms. The number of nitrogens with zero attached hydrogens (tertiary/aromatic N) is 1. The maximum Gasteiger partial charge on any atom is 0.339 e. The number of ether oxygens (including phenoxy) is 3. The molecule has 0 spiro atoms. The van der Waals surface area contributed by atoms with Gasteiger partial charge >= 0.3 is 11.9 Å². The Balaban J connectivity index is 1.98. The fourth-order valence-corrected chi connectivity index (χ4v) is 6.85. The summed E-state index contributed by atoms with van der Waals surface area (Å²) < 4.78 is 54.2. The number of H-pyrrole nitrogens is 1. The van der Waals surface area contributed by atoms with Gasteiger partial charge < -0.3 is 19.2 Å². The van der Waals surface area contributed by atoms with Crippen molar-refractivity contribution < 1.29 is 33.6 Å². The molecule has 4 aromatic rings. The average molecular weight is 671 g/mol. The Hall–Kier alpha value is -3.86. The van der Waals surface area contributed by atoms with Crippen LogP contribution in [0.1, 0.15) is 68.7 Å². The summed E-state index contributed by atoms with van der Waals surface area (Å²) in [6.07, 6.45) is -0.127. The highest BCUT2D eigenvalue weighted by Crippen LogP contribution is 2.47. The lowest BCUT2D eigenvalue weighted by atomic mass is 9.87. The van der Waals surface area contributed by atoms with Gasteiger partial charge in [0, 0.05) is 35.5 Å². The standard InChI is InChI=1S/C35H41ClN2O7S/c1-21-20-27-29(24-14-16-26(36)17-15-24)28(32(34(40)43-7)45-35(4,5)6)23(3)31(30(27)37-21)38(46(8,41)42)22(2)18-19-44-33(39)25-12-10-9-11-13-25/h9-17,20,22,32,37H,18-19H2,1-8H3/t22-,32+/m1/s1/i2T. The van der Waals surface area contributed by atoms with Crippen LogP contribution >= 0.6 is 11.6 Å². The molecule has 1 N–H and O–H groups in total. The number of aromatic amines is 1. The van der Waals surface area contributed by atoms with Crippen LogP contribution in [0.2, 0.25) is 5.02 Å². The molecule has 0 fully saturated rings. The minimum absolute atomic E-state index is 0.0446. The van der Waals surface area contributed by atoms with Gasteiger partial charge in [0.1, 0.15) is 0 Å². The molecule has 46 heavy (non-hydrogen) atoms. The highest BCUT2D eigenvalue weighted by molar-refractivity contribution is 7.92. The van der Waals surface area contributed by atoms with Gasteiger partial charge in [0.2, 0.25) is 10.0 Å². The van der Waals surface area contributed by atoms with E-state index in [1.807, 2.05) is 45.9 Å². The van der Waals surface area contributed by atoms with E-state index in [9.17, 15) is 18.0 Å². The monoisotopic (exact) mass is 670 g/mol. The smallest absolute Gasteiger partial charge is 0.339 e. The van der Waals surface area contributed by atoms with Crippen LogP contribution in [0.25, 0.3) is 22.0 Å². The number of benzene rings is 3. The van der Waals surface area contributed by atoms with Crippen LogP contribution in [0.4, 0.5) is 5.69 Å². The summed E-state index contributed by atoms with van der Waals surface area (Å²) in [5.41, 5.74) is 3.31. The summed E-state index contributed by atoms with van der Waals surface area (Å²) in [5.74, 6) is -1.21.